The number of nitrogens with zero attached hydrogens (tertiary/aromatic N) is 1. The molecule has 1 aromatic rings. The summed E-state index contributed by atoms with van der Waals surface area (Å²) >= 11 is 0. The average molecular weight is 387 g/mol. The predicted octanol–water partition coefficient (Wildman–Crippen LogP) is 0.857. The number of rotatable bonds is 7. The van der Waals surface area contributed by atoms with Crippen LogP contribution in [0.3, 0.4) is 0 Å². The van der Waals surface area contributed by atoms with E-state index in [0.717, 1.165) is 0 Å². The molecule has 0 heterocycles. The molecule has 0 radical (unpaired) electrons. The van der Waals surface area contributed by atoms with Crippen molar-refractivity contribution in [3.8, 4) is 5.75 Å². The molecule has 146 valence electrons. The summed E-state index contributed by atoms with van der Waals surface area (Å²) in [6, 6.07) is 4.06. The molecule has 0 saturated carbocycles. The van der Waals surface area contributed by atoms with Gasteiger partial charge in [0.25, 0.3) is 5.91 Å². The molecule has 0 fully saturated rings. The first-order valence-corrected chi connectivity index (χ1v) is 7.90. The summed E-state index contributed by atoms with van der Waals surface area (Å²) in [7, 11) is 4.73. The van der Waals surface area contributed by atoms with Crippen molar-refractivity contribution in [2.45, 2.75) is 19.9 Å². The van der Waals surface area contributed by atoms with Crippen LogP contribution < -0.4 is 21.1 Å². The Labute approximate surface area is 159 Å². The zero-order valence-electron chi connectivity index (χ0n) is 15.7. The van der Waals surface area contributed by atoms with Crippen LogP contribution in [-0.2, 0) is 9.59 Å². The van der Waals surface area contributed by atoms with Crippen molar-refractivity contribution in [3.63, 3.8) is 0 Å². The van der Waals surface area contributed by atoms with Crippen LogP contribution in [-0.4, -0.2) is 56.4 Å². The molecule has 0 aliphatic carbocycles. The molecule has 0 spiro atoms. The van der Waals surface area contributed by atoms with Crippen LogP contribution >= 0.6 is 12.4 Å². The van der Waals surface area contributed by atoms with E-state index in [1.54, 1.807) is 26.2 Å². The lowest BCUT2D eigenvalue weighted by molar-refractivity contribution is -0.125. The summed E-state index contributed by atoms with van der Waals surface area (Å²) in [5.74, 6) is -0.661. The van der Waals surface area contributed by atoms with Gasteiger partial charge in [-0.1, -0.05) is 13.8 Å². The summed E-state index contributed by atoms with van der Waals surface area (Å²) < 4.78 is 5.19. The Hall–Kier alpha value is -2.32. The normalized spacial score (nSPS) is 11.2. The monoisotopic (exact) mass is 386 g/mol. The highest BCUT2D eigenvalue weighted by Gasteiger charge is 2.18. The highest BCUT2D eigenvalue weighted by atomic mass is 35.5. The standard InChI is InChI=1S/C17H26N4O4.ClH/c1-10(2)15(18)16(23)19-9-14(22)20-12-8-11(17(24)21(3)4)6-7-13(12)25-5;/h6-8,10,15H,9,18H2,1-5H3,(H,19,23)(H,20,22);1H/t15-;/m0./s1. The number of carbonyl (C=O) groups is 3. The molecule has 0 saturated heterocycles. The van der Waals surface area contributed by atoms with E-state index >= 15 is 0 Å². The van der Waals surface area contributed by atoms with Gasteiger partial charge in [-0.2, -0.15) is 0 Å². The number of nitrogens with one attached hydrogen (secondary N) is 2. The second kappa shape index (κ2) is 10.6. The zero-order chi connectivity index (χ0) is 19.1. The number of carbonyl (C=O) groups excluding carboxylic acids is 3. The maximum atomic E-state index is 12.1. The predicted molar refractivity (Wildman–Crippen MR) is 103 cm³/mol. The van der Waals surface area contributed by atoms with Crippen molar-refractivity contribution in [1.82, 2.24) is 10.2 Å². The molecule has 0 unspecified atom stereocenters. The van der Waals surface area contributed by atoms with Crippen molar-refractivity contribution < 1.29 is 19.1 Å². The Bertz CT molecular complexity index is 650. The number of halogens is 1. The second-order valence-corrected chi connectivity index (χ2v) is 6.15. The maximum Gasteiger partial charge on any atom is 0.253 e. The fourth-order valence-corrected chi connectivity index (χ4v) is 1.98. The minimum Gasteiger partial charge on any atom is -0.495 e. The van der Waals surface area contributed by atoms with Crippen LogP contribution in [0.2, 0.25) is 0 Å². The Morgan fingerprint density at radius 2 is 1.85 bits per heavy atom. The molecule has 1 rings (SSSR count). The van der Waals surface area contributed by atoms with E-state index in [2.05, 4.69) is 10.6 Å². The van der Waals surface area contributed by atoms with Crippen molar-refractivity contribution in [1.29, 1.82) is 0 Å². The third kappa shape index (κ3) is 6.53. The molecule has 26 heavy (non-hydrogen) atoms. The summed E-state index contributed by atoms with van der Waals surface area (Å²) in [5, 5.41) is 5.11. The SMILES string of the molecule is COc1ccc(C(=O)N(C)C)cc1NC(=O)CNC(=O)[C@@H](N)C(C)C.Cl. The van der Waals surface area contributed by atoms with Crippen molar-refractivity contribution in [2.75, 3.05) is 33.1 Å². The topological polar surface area (TPSA) is 114 Å². The molecular formula is C17H27ClN4O4. The van der Waals surface area contributed by atoms with Gasteiger partial charge in [0, 0.05) is 19.7 Å². The van der Waals surface area contributed by atoms with E-state index in [1.807, 2.05) is 13.8 Å². The summed E-state index contributed by atoms with van der Waals surface area (Å²) in [6.07, 6.45) is 0. The second-order valence-electron chi connectivity index (χ2n) is 6.15. The smallest absolute Gasteiger partial charge is 0.253 e. The molecule has 9 heteroatoms. The van der Waals surface area contributed by atoms with E-state index in [1.165, 1.54) is 18.1 Å². The number of hydrogen-bond donors (Lipinski definition) is 3. The van der Waals surface area contributed by atoms with Gasteiger partial charge in [-0.3, -0.25) is 14.4 Å². The van der Waals surface area contributed by atoms with Gasteiger partial charge < -0.3 is 26.0 Å². The van der Waals surface area contributed by atoms with E-state index in [0.29, 0.717) is 17.0 Å². The van der Waals surface area contributed by atoms with Gasteiger partial charge in [-0.05, 0) is 24.1 Å². The molecule has 0 bridgehead atoms. The molecule has 0 aromatic heterocycles. The van der Waals surface area contributed by atoms with Crippen LogP contribution in [0, 0.1) is 5.92 Å². The zero-order valence-corrected chi connectivity index (χ0v) is 16.5. The van der Waals surface area contributed by atoms with Gasteiger partial charge in [0.05, 0.1) is 25.4 Å². The van der Waals surface area contributed by atoms with Crippen molar-refractivity contribution in [3.05, 3.63) is 23.8 Å². The number of methoxy groups -OCH3 is 1. The fourth-order valence-electron chi connectivity index (χ4n) is 1.98. The van der Waals surface area contributed by atoms with Crippen LogP contribution in [0.5, 0.6) is 5.75 Å². The quantitative estimate of drug-likeness (QED) is 0.643. The van der Waals surface area contributed by atoms with E-state index in [4.69, 9.17) is 10.5 Å². The summed E-state index contributed by atoms with van der Waals surface area (Å²) in [5.41, 5.74) is 6.48. The third-order valence-corrected chi connectivity index (χ3v) is 3.57. The lowest BCUT2D eigenvalue weighted by atomic mass is 10.1. The average Bonchev–Trinajstić information content (AvgIpc) is 2.57. The highest BCUT2D eigenvalue weighted by molar-refractivity contribution is 5.99. The third-order valence-electron chi connectivity index (χ3n) is 3.57. The Morgan fingerprint density at radius 1 is 1.23 bits per heavy atom. The van der Waals surface area contributed by atoms with Gasteiger partial charge in [0.15, 0.2) is 0 Å². The summed E-state index contributed by atoms with van der Waals surface area (Å²) in [4.78, 5) is 37.3. The van der Waals surface area contributed by atoms with Crippen LogP contribution in [0.4, 0.5) is 5.69 Å². The molecule has 1 aromatic carbocycles. The number of anilines is 1. The first-order chi connectivity index (χ1) is 11.7. The number of nitrogens with two attached hydrogens (primary N) is 1. The van der Waals surface area contributed by atoms with Crippen LogP contribution in [0.1, 0.15) is 24.2 Å². The van der Waals surface area contributed by atoms with E-state index < -0.39 is 17.9 Å². The lowest BCUT2D eigenvalue weighted by Gasteiger charge is -2.16. The minimum absolute atomic E-state index is 0. The lowest BCUT2D eigenvalue weighted by Crippen LogP contribution is -2.46. The van der Waals surface area contributed by atoms with E-state index in [9.17, 15) is 14.4 Å². The largest absolute Gasteiger partial charge is 0.495 e. The van der Waals surface area contributed by atoms with E-state index in [-0.39, 0.29) is 30.8 Å². The number of ether oxygens (including phenoxy) is 1. The first kappa shape index (κ1) is 23.7. The highest BCUT2D eigenvalue weighted by Crippen LogP contribution is 2.25. The van der Waals surface area contributed by atoms with Gasteiger partial charge in [-0.25, -0.2) is 0 Å². The molecule has 4 N–H and O–H groups in total. The Kier molecular flexibility index (Phi) is 9.67. The number of amides is 3. The Balaban J connectivity index is 0.00000625. The minimum atomic E-state index is -0.677. The Morgan fingerprint density at radius 3 is 2.35 bits per heavy atom. The molecule has 1 atom stereocenters. The molecule has 0 aliphatic rings. The number of benzene rings is 1. The molecule has 0 aliphatic heterocycles. The maximum absolute atomic E-state index is 12.1. The van der Waals surface area contributed by atoms with Gasteiger partial charge in [0.2, 0.25) is 11.8 Å². The molecular weight excluding hydrogens is 360 g/mol. The fraction of sp³-hybridized carbons (Fsp3) is 0.471. The number of hydrogen-bond acceptors (Lipinski definition) is 5. The summed E-state index contributed by atoms with van der Waals surface area (Å²) in [6.45, 7) is 3.42. The van der Waals surface area contributed by atoms with Crippen LogP contribution in [0.15, 0.2) is 18.2 Å². The van der Waals surface area contributed by atoms with Crippen molar-refractivity contribution >= 4 is 35.8 Å². The first-order valence-electron chi connectivity index (χ1n) is 7.90. The van der Waals surface area contributed by atoms with Gasteiger partial charge in [-0.15, -0.1) is 12.4 Å². The van der Waals surface area contributed by atoms with Crippen molar-refractivity contribution in [2.24, 2.45) is 11.7 Å². The van der Waals surface area contributed by atoms with Gasteiger partial charge in [0.1, 0.15) is 5.75 Å². The molecule has 3 amide bonds. The van der Waals surface area contributed by atoms with Crippen LogP contribution in [0.25, 0.3) is 0 Å². The van der Waals surface area contributed by atoms with Gasteiger partial charge >= 0.3 is 0 Å². The molecule has 8 nitrogen and oxygen atoms in total.